The Morgan fingerprint density at radius 3 is 2.76 bits per heavy atom. The second-order valence-electron chi connectivity index (χ2n) is 6.00. The molecule has 1 aliphatic rings. The van der Waals surface area contributed by atoms with Crippen molar-refractivity contribution in [3.8, 4) is 23.8 Å². The molecule has 2 aromatic carbocycles. The van der Waals surface area contributed by atoms with Gasteiger partial charge in [0.1, 0.15) is 18.1 Å². The van der Waals surface area contributed by atoms with Crippen molar-refractivity contribution in [2.24, 2.45) is 0 Å². The second kappa shape index (κ2) is 8.80. The van der Waals surface area contributed by atoms with Crippen molar-refractivity contribution in [3.05, 3.63) is 63.5 Å². The van der Waals surface area contributed by atoms with E-state index >= 15 is 0 Å². The van der Waals surface area contributed by atoms with Crippen molar-refractivity contribution in [3.63, 3.8) is 0 Å². The summed E-state index contributed by atoms with van der Waals surface area (Å²) >= 11 is 3.38. The summed E-state index contributed by atoms with van der Waals surface area (Å²) in [6, 6.07) is 8.69. The lowest BCUT2D eigenvalue weighted by atomic mass is 10.1. The summed E-state index contributed by atoms with van der Waals surface area (Å²) in [5.41, 5.74) is 0.896. The zero-order valence-electron chi connectivity index (χ0n) is 15.4. The quantitative estimate of drug-likeness (QED) is 0.407. The van der Waals surface area contributed by atoms with Crippen LogP contribution in [-0.2, 0) is 11.3 Å². The van der Waals surface area contributed by atoms with E-state index in [0.29, 0.717) is 21.5 Å². The number of carbonyl (C=O) groups is 2. The fraction of sp³-hybridized carbons (Fsp3) is 0.143. The first-order valence-corrected chi connectivity index (χ1v) is 9.25. The molecule has 6 nitrogen and oxygen atoms in total. The van der Waals surface area contributed by atoms with Gasteiger partial charge in [0.2, 0.25) is 0 Å². The molecule has 0 aliphatic carbocycles. The molecule has 1 heterocycles. The molecule has 0 unspecified atom stereocenters. The average molecular weight is 459 g/mol. The molecule has 3 amide bonds. The normalized spacial score (nSPS) is 14.7. The first-order chi connectivity index (χ1) is 13.9. The fourth-order valence-electron chi connectivity index (χ4n) is 2.76. The fourth-order valence-corrected chi connectivity index (χ4v) is 3.33. The van der Waals surface area contributed by atoms with Gasteiger partial charge < -0.3 is 14.8 Å². The number of hydrogen-bond donors (Lipinski definition) is 1. The molecule has 0 aromatic heterocycles. The number of carbonyl (C=O) groups excluding carboxylic acids is 2. The summed E-state index contributed by atoms with van der Waals surface area (Å²) in [7, 11) is 1.47. The van der Waals surface area contributed by atoms with Gasteiger partial charge in [-0.2, -0.15) is 0 Å². The van der Waals surface area contributed by atoms with Gasteiger partial charge in [0.05, 0.1) is 18.1 Å². The third-order valence-corrected chi connectivity index (χ3v) is 4.70. The van der Waals surface area contributed by atoms with Gasteiger partial charge in [-0.1, -0.05) is 24.1 Å². The average Bonchev–Trinajstić information content (AvgIpc) is 2.95. The number of benzene rings is 2. The number of halogens is 2. The molecular weight excluding hydrogens is 443 g/mol. The van der Waals surface area contributed by atoms with E-state index in [2.05, 4.69) is 27.2 Å². The highest BCUT2D eigenvalue weighted by Crippen LogP contribution is 2.37. The number of ether oxygens (including phenoxy) is 2. The van der Waals surface area contributed by atoms with Crippen molar-refractivity contribution >= 4 is 33.9 Å². The minimum absolute atomic E-state index is 0.0644. The van der Waals surface area contributed by atoms with Crippen LogP contribution in [-0.4, -0.2) is 30.6 Å². The van der Waals surface area contributed by atoms with Gasteiger partial charge in [0.25, 0.3) is 5.91 Å². The number of urea groups is 1. The Morgan fingerprint density at radius 2 is 2.07 bits per heavy atom. The molecule has 0 saturated carbocycles. The number of nitrogens with one attached hydrogen (secondary N) is 1. The Bertz CT molecular complexity index is 1050. The van der Waals surface area contributed by atoms with Crippen LogP contribution in [0, 0.1) is 18.2 Å². The Balaban J connectivity index is 1.87. The topological polar surface area (TPSA) is 67.9 Å². The van der Waals surface area contributed by atoms with Crippen LogP contribution in [0.25, 0.3) is 6.08 Å². The molecule has 3 rings (SSSR count). The number of nitrogens with zero attached hydrogens (tertiary/aromatic N) is 1. The van der Waals surface area contributed by atoms with E-state index < -0.39 is 17.8 Å². The molecule has 1 N–H and O–H groups in total. The molecule has 2 aromatic rings. The minimum atomic E-state index is -0.621. The monoisotopic (exact) mass is 458 g/mol. The van der Waals surface area contributed by atoms with Crippen LogP contribution in [0.4, 0.5) is 9.18 Å². The van der Waals surface area contributed by atoms with Crippen LogP contribution in [0.1, 0.15) is 11.1 Å². The van der Waals surface area contributed by atoms with E-state index in [-0.39, 0.29) is 24.4 Å². The molecular formula is C21H16BrFN2O4. The van der Waals surface area contributed by atoms with Gasteiger partial charge in [-0.25, -0.2) is 9.18 Å². The van der Waals surface area contributed by atoms with Crippen molar-refractivity contribution in [1.82, 2.24) is 10.2 Å². The molecule has 148 valence electrons. The first kappa shape index (κ1) is 20.4. The Labute approximate surface area is 175 Å². The van der Waals surface area contributed by atoms with Gasteiger partial charge in [-0.3, -0.25) is 9.69 Å². The van der Waals surface area contributed by atoms with Crippen LogP contribution in [0.3, 0.4) is 0 Å². The number of amides is 3. The minimum Gasteiger partial charge on any atom is -0.493 e. The maximum atomic E-state index is 13.9. The molecule has 0 radical (unpaired) electrons. The Kier molecular flexibility index (Phi) is 6.20. The number of hydrogen-bond acceptors (Lipinski definition) is 4. The zero-order valence-corrected chi connectivity index (χ0v) is 17.0. The van der Waals surface area contributed by atoms with Crippen LogP contribution in [0.2, 0.25) is 0 Å². The number of rotatable bonds is 6. The lowest BCUT2D eigenvalue weighted by Crippen LogP contribution is -2.30. The van der Waals surface area contributed by atoms with Crippen LogP contribution in [0.15, 0.2) is 46.6 Å². The standard InChI is InChI=1S/C21H16BrFN2O4/c1-3-8-29-19-15(22)9-13(11-18(19)28-2)10-17-20(26)25(21(27)24-17)12-14-6-4-5-7-16(14)23/h1,4-7,9-11H,8,12H2,2H3,(H,24,27). The van der Waals surface area contributed by atoms with Gasteiger partial charge in [-0.15, -0.1) is 6.42 Å². The molecule has 8 heteroatoms. The Hall–Kier alpha value is -3.31. The highest BCUT2D eigenvalue weighted by Gasteiger charge is 2.34. The molecule has 0 spiro atoms. The zero-order chi connectivity index (χ0) is 21.0. The number of imide groups is 1. The van der Waals surface area contributed by atoms with E-state index in [1.54, 1.807) is 18.2 Å². The molecule has 1 fully saturated rings. The van der Waals surface area contributed by atoms with E-state index in [9.17, 15) is 14.0 Å². The Morgan fingerprint density at radius 1 is 1.31 bits per heavy atom. The highest BCUT2D eigenvalue weighted by atomic mass is 79.9. The summed E-state index contributed by atoms with van der Waals surface area (Å²) in [4.78, 5) is 25.8. The maximum Gasteiger partial charge on any atom is 0.329 e. The van der Waals surface area contributed by atoms with Crippen molar-refractivity contribution in [1.29, 1.82) is 0 Å². The first-order valence-electron chi connectivity index (χ1n) is 8.46. The highest BCUT2D eigenvalue weighted by molar-refractivity contribution is 9.10. The lowest BCUT2D eigenvalue weighted by molar-refractivity contribution is -0.123. The summed E-state index contributed by atoms with van der Waals surface area (Å²) in [6.07, 6.45) is 6.72. The molecule has 0 atom stereocenters. The summed E-state index contributed by atoms with van der Waals surface area (Å²) in [6.45, 7) is -0.102. The molecule has 0 bridgehead atoms. The molecule has 1 saturated heterocycles. The summed E-state index contributed by atoms with van der Waals surface area (Å²) in [5, 5.41) is 2.51. The smallest absolute Gasteiger partial charge is 0.329 e. The summed E-state index contributed by atoms with van der Waals surface area (Å²) in [5.74, 6) is 2.16. The van der Waals surface area contributed by atoms with Crippen molar-refractivity contribution < 1.29 is 23.5 Å². The van der Waals surface area contributed by atoms with Crippen LogP contribution >= 0.6 is 15.9 Å². The van der Waals surface area contributed by atoms with Crippen molar-refractivity contribution in [2.45, 2.75) is 6.54 Å². The third kappa shape index (κ3) is 4.41. The number of methoxy groups -OCH3 is 1. The number of terminal acetylenes is 1. The van der Waals surface area contributed by atoms with Crippen LogP contribution < -0.4 is 14.8 Å². The van der Waals surface area contributed by atoms with E-state index in [1.165, 1.54) is 31.4 Å². The predicted molar refractivity (Wildman–Crippen MR) is 108 cm³/mol. The van der Waals surface area contributed by atoms with E-state index in [4.69, 9.17) is 15.9 Å². The van der Waals surface area contributed by atoms with Gasteiger partial charge in [0.15, 0.2) is 11.5 Å². The maximum absolute atomic E-state index is 13.9. The predicted octanol–water partition coefficient (Wildman–Crippen LogP) is 3.70. The third-order valence-electron chi connectivity index (χ3n) is 4.11. The lowest BCUT2D eigenvalue weighted by Gasteiger charge is -2.12. The molecule has 29 heavy (non-hydrogen) atoms. The second-order valence-corrected chi connectivity index (χ2v) is 6.85. The van der Waals surface area contributed by atoms with Gasteiger partial charge in [-0.05, 0) is 45.8 Å². The largest absolute Gasteiger partial charge is 0.493 e. The summed E-state index contributed by atoms with van der Waals surface area (Å²) < 4.78 is 25.2. The molecule has 1 aliphatic heterocycles. The van der Waals surface area contributed by atoms with Crippen LogP contribution in [0.5, 0.6) is 11.5 Å². The van der Waals surface area contributed by atoms with E-state index in [0.717, 1.165) is 4.90 Å². The van der Waals surface area contributed by atoms with Gasteiger partial charge >= 0.3 is 6.03 Å². The SMILES string of the molecule is C#CCOc1c(Br)cc(C=C2NC(=O)N(Cc3ccccc3F)C2=O)cc1OC. The van der Waals surface area contributed by atoms with Crippen molar-refractivity contribution in [2.75, 3.05) is 13.7 Å². The van der Waals surface area contributed by atoms with E-state index in [1.807, 2.05) is 0 Å². The van der Waals surface area contributed by atoms with Gasteiger partial charge in [0, 0.05) is 5.56 Å².